The van der Waals surface area contributed by atoms with E-state index in [1.165, 1.54) is 18.4 Å². The van der Waals surface area contributed by atoms with E-state index in [0.29, 0.717) is 17.8 Å². The maximum atomic E-state index is 5.92. The van der Waals surface area contributed by atoms with Crippen LogP contribution in [0.3, 0.4) is 0 Å². The third-order valence-corrected chi connectivity index (χ3v) is 5.81. The summed E-state index contributed by atoms with van der Waals surface area (Å²) in [4.78, 5) is 3.51. The zero-order valence-electron chi connectivity index (χ0n) is 12.3. The summed E-state index contributed by atoms with van der Waals surface area (Å²) in [6.07, 6.45) is 2.42. The monoisotopic (exact) mass is 331 g/mol. The molecule has 0 spiro atoms. The molecule has 0 radical (unpaired) electrons. The Morgan fingerprint density at radius 3 is 3.05 bits per heavy atom. The number of nitrogens with zero attached hydrogens (tertiary/aromatic N) is 3. The molecule has 0 N–H and O–H groups in total. The van der Waals surface area contributed by atoms with Crippen LogP contribution in [0.15, 0.2) is 38.8 Å². The first-order valence-electron chi connectivity index (χ1n) is 7.48. The maximum Gasteiger partial charge on any atom is 0.257 e. The van der Waals surface area contributed by atoms with Crippen molar-refractivity contribution in [1.82, 2.24) is 15.1 Å². The number of rotatable bonds is 4. The number of aromatic nitrogens is 2. The highest BCUT2D eigenvalue weighted by atomic mass is 32.1. The van der Waals surface area contributed by atoms with E-state index in [9.17, 15) is 0 Å². The van der Waals surface area contributed by atoms with Gasteiger partial charge in [0, 0.05) is 6.04 Å². The first-order chi connectivity index (χ1) is 10.8. The van der Waals surface area contributed by atoms with Crippen molar-refractivity contribution in [1.29, 1.82) is 0 Å². The van der Waals surface area contributed by atoms with Gasteiger partial charge >= 0.3 is 0 Å². The van der Waals surface area contributed by atoms with Gasteiger partial charge < -0.3 is 4.42 Å². The molecular weight excluding hydrogens is 314 g/mol. The van der Waals surface area contributed by atoms with Gasteiger partial charge in [0.15, 0.2) is 0 Å². The van der Waals surface area contributed by atoms with Gasteiger partial charge in [-0.05, 0) is 60.1 Å². The first kappa shape index (κ1) is 14.1. The Morgan fingerprint density at radius 2 is 2.27 bits per heavy atom. The minimum absolute atomic E-state index is 0.147. The van der Waals surface area contributed by atoms with Crippen LogP contribution >= 0.6 is 22.7 Å². The van der Waals surface area contributed by atoms with Crippen LogP contribution in [0.25, 0.3) is 10.8 Å². The molecule has 0 saturated carbocycles. The summed E-state index contributed by atoms with van der Waals surface area (Å²) in [6.45, 7) is 3.24. The molecule has 1 aliphatic rings. The maximum absolute atomic E-state index is 5.92. The number of hydrogen-bond donors (Lipinski definition) is 0. The van der Waals surface area contributed by atoms with Gasteiger partial charge in [-0.25, -0.2) is 0 Å². The third kappa shape index (κ3) is 2.51. The van der Waals surface area contributed by atoms with Gasteiger partial charge in [0.2, 0.25) is 5.89 Å². The predicted molar refractivity (Wildman–Crippen MR) is 89.0 cm³/mol. The fourth-order valence-corrected chi connectivity index (χ4v) is 4.47. The largest absolute Gasteiger partial charge is 0.418 e. The highest BCUT2D eigenvalue weighted by Gasteiger charge is 2.33. The molecule has 0 amide bonds. The predicted octanol–water partition coefficient (Wildman–Crippen LogP) is 4.76. The minimum Gasteiger partial charge on any atom is -0.418 e. The minimum atomic E-state index is 0.147. The van der Waals surface area contributed by atoms with Crippen molar-refractivity contribution < 1.29 is 4.42 Å². The zero-order valence-corrected chi connectivity index (χ0v) is 13.9. The van der Waals surface area contributed by atoms with Crippen molar-refractivity contribution in [2.24, 2.45) is 0 Å². The van der Waals surface area contributed by atoms with Gasteiger partial charge in [-0.2, -0.15) is 11.3 Å². The van der Waals surface area contributed by atoms with Gasteiger partial charge in [0.1, 0.15) is 0 Å². The Balaban J connectivity index is 1.57. The fourth-order valence-electron chi connectivity index (χ4n) is 3.12. The second-order valence-corrected chi connectivity index (χ2v) is 7.28. The van der Waals surface area contributed by atoms with Crippen LogP contribution in [0.5, 0.6) is 0 Å². The number of hydrogen-bond acceptors (Lipinski definition) is 6. The van der Waals surface area contributed by atoms with E-state index < -0.39 is 0 Å². The Hall–Kier alpha value is -1.50. The summed E-state index contributed by atoms with van der Waals surface area (Å²) in [5.41, 5.74) is 1.41. The molecule has 0 aliphatic carbocycles. The van der Waals surface area contributed by atoms with E-state index in [-0.39, 0.29) is 6.04 Å². The summed E-state index contributed by atoms with van der Waals surface area (Å²) < 4.78 is 5.92. The number of thiophene rings is 2. The summed E-state index contributed by atoms with van der Waals surface area (Å²) in [7, 11) is 0. The van der Waals surface area contributed by atoms with E-state index in [4.69, 9.17) is 4.42 Å². The summed E-state index contributed by atoms with van der Waals surface area (Å²) >= 11 is 3.39. The van der Waals surface area contributed by atoms with Crippen LogP contribution in [0.2, 0.25) is 0 Å². The number of likely N-dealkylation sites (tertiary alicyclic amines) is 1. The third-order valence-electron chi connectivity index (χ3n) is 4.25. The molecule has 3 aromatic rings. The van der Waals surface area contributed by atoms with E-state index in [1.807, 2.05) is 17.5 Å². The SMILES string of the molecule is C[C@@H](c1nnc(-c2cccs2)o1)N1CCC[C@H]1c1ccsc1. The molecule has 1 aliphatic heterocycles. The van der Waals surface area contributed by atoms with Crippen molar-refractivity contribution in [2.45, 2.75) is 31.8 Å². The van der Waals surface area contributed by atoms with E-state index in [0.717, 1.165) is 11.4 Å². The highest BCUT2D eigenvalue weighted by molar-refractivity contribution is 7.13. The van der Waals surface area contributed by atoms with E-state index in [1.54, 1.807) is 22.7 Å². The lowest BCUT2D eigenvalue weighted by atomic mass is 10.1. The van der Waals surface area contributed by atoms with Crippen LogP contribution in [0.1, 0.15) is 43.3 Å². The van der Waals surface area contributed by atoms with Gasteiger partial charge in [0.25, 0.3) is 5.89 Å². The molecule has 1 fully saturated rings. The lowest BCUT2D eigenvalue weighted by molar-refractivity contribution is 0.169. The summed E-state index contributed by atoms with van der Waals surface area (Å²) in [5.74, 6) is 1.34. The smallest absolute Gasteiger partial charge is 0.257 e. The summed E-state index contributed by atoms with van der Waals surface area (Å²) in [5, 5.41) is 14.9. The molecule has 1 saturated heterocycles. The van der Waals surface area contributed by atoms with Gasteiger partial charge in [-0.15, -0.1) is 21.5 Å². The van der Waals surface area contributed by atoms with Crippen LogP contribution in [0.4, 0.5) is 0 Å². The summed E-state index contributed by atoms with van der Waals surface area (Å²) in [6, 6.07) is 6.86. The van der Waals surface area contributed by atoms with Gasteiger partial charge in [-0.1, -0.05) is 6.07 Å². The van der Waals surface area contributed by atoms with Gasteiger partial charge in [-0.3, -0.25) is 4.90 Å². The van der Waals surface area contributed by atoms with Crippen LogP contribution < -0.4 is 0 Å². The Labute approximate surface area is 137 Å². The second kappa shape index (κ2) is 5.95. The average Bonchev–Trinajstić information content (AvgIpc) is 3.35. The average molecular weight is 331 g/mol. The molecule has 114 valence electrons. The highest BCUT2D eigenvalue weighted by Crippen LogP contribution is 2.39. The van der Waals surface area contributed by atoms with Crippen molar-refractivity contribution >= 4 is 22.7 Å². The molecule has 6 heteroatoms. The molecule has 4 rings (SSSR count). The van der Waals surface area contributed by atoms with Crippen LogP contribution in [-0.2, 0) is 0 Å². The molecule has 0 bridgehead atoms. The van der Waals surface area contributed by atoms with Crippen molar-refractivity contribution in [3.8, 4) is 10.8 Å². The van der Waals surface area contributed by atoms with E-state index in [2.05, 4.69) is 38.8 Å². The van der Waals surface area contributed by atoms with Crippen molar-refractivity contribution in [3.05, 3.63) is 45.8 Å². The zero-order chi connectivity index (χ0) is 14.9. The van der Waals surface area contributed by atoms with Crippen LogP contribution in [-0.4, -0.2) is 21.6 Å². The quantitative estimate of drug-likeness (QED) is 0.691. The molecule has 2 atom stereocenters. The fraction of sp³-hybridized carbons (Fsp3) is 0.375. The van der Waals surface area contributed by atoms with Crippen LogP contribution in [0, 0.1) is 0 Å². The molecule has 0 unspecified atom stereocenters. The van der Waals surface area contributed by atoms with E-state index >= 15 is 0 Å². The van der Waals surface area contributed by atoms with Crippen molar-refractivity contribution in [2.75, 3.05) is 6.54 Å². The topological polar surface area (TPSA) is 42.2 Å². The Morgan fingerprint density at radius 1 is 1.32 bits per heavy atom. The standard InChI is InChI=1S/C16H17N3OS2/c1-11(15-17-18-16(20-15)14-5-3-8-22-14)19-7-2-4-13(19)12-6-9-21-10-12/h3,5-6,8-11,13H,2,4,7H2,1H3/t11-,13-/m0/s1. The molecule has 4 nitrogen and oxygen atoms in total. The molecular formula is C16H17N3OS2. The van der Waals surface area contributed by atoms with Crippen molar-refractivity contribution in [3.63, 3.8) is 0 Å². The molecule has 3 aromatic heterocycles. The molecule has 22 heavy (non-hydrogen) atoms. The Kier molecular flexibility index (Phi) is 3.82. The molecule has 0 aromatic carbocycles. The Bertz CT molecular complexity index is 721. The lowest BCUT2D eigenvalue weighted by Crippen LogP contribution is -2.26. The normalized spacial score (nSPS) is 20.5. The first-order valence-corrected chi connectivity index (χ1v) is 9.30. The second-order valence-electron chi connectivity index (χ2n) is 5.55. The lowest BCUT2D eigenvalue weighted by Gasteiger charge is -2.28. The van der Waals surface area contributed by atoms with Gasteiger partial charge in [0.05, 0.1) is 10.9 Å². The molecule has 4 heterocycles.